The predicted molar refractivity (Wildman–Crippen MR) is 81.6 cm³/mol. The Morgan fingerprint density at radius 3 is 2.45 bits per heavy atom. The van der Waals surface area contributed by atoms with E-state index in [1.807, 2.05) is 6.92 Å². The molecule has 0 fully saturated rings. The summed E-state index contributed by atoms with van der Waals surface area (Å²) >= 11 is 5.48. The van der Waals surface area contributed by atoms with Gasteiger partial charge >= 0.3 is 0 Å². The maximum atomic E-state index is 11.7. The quantitative estimate of drug-likeness (QED) is 0.717. The minimum Gasteiger partial charge on any atom is -0.356 e. The van der Waals surface area contributed by atoms with Crippen LogP contribution in [0.4, 0.5) is 5.69 Å². The summed E-state index contributed by atoms with van der Waals surface area (Å²) in [6.45, 7) is 2.45. The molecule has 0 saturated carbocycles. The first-order valence-corrected chi connectivity index (χ1v) is 8.57. The molecule has 0 aliphatic heterocycles. The van der Waals surface area contributed by atoms with E-state index in [9.17, 15) is 13.2 Å². The number of alkyl halides is 1. The Kier molecular flexibility index (Phi) is 6.81. The predicted octanol–water partition coefficient (Wildman–Crippen LogP) is 1.74. The molecule has 2 N–H and O–H groups in total. The molecule has 1 amide bonds. The first kappa shape index (κ1) is 16.8. The van der Waals surface area contributed by atoms with Crippen molar-refractivity contribution < 1.29 is 13.2 Å². The Balaban J connectivity index is 2.60. The monoisotopic (exact) mass is 318 g/mol. The van der Waals surface area contributed by atoms with E-state index in [1.165, 1.54) is 0 Å². The van der Waals surface area contributed by atoms with Crippen molar-refractivity contribution in [2.75, 3.05) is 22.9 Å². The van der Waals surface area contributed by atoms with Crippen LogP contribution in [0.15, 0.2) is 24.3 Å². The van der Waals surface area contributed by atoms with Crippen molar-refractivity contribution in [3.05, 3.63) is 29.8 Å². The van der Waals surface area contributed by atoms with Crippen molar-refractivity contribution in [3.63, 3.8) is 0 Å². The zero-order chi connectivity index (χ0) is 15.0. The number of benzene rings is 1. The van der Waals surface area contributed by atoms with Crippen LogP contribution in [-0.4, -0.2) is 32.5 Å². The van der Waals surface area contributed by atoms with Crippen molar-refractivity contribution in [1.29, 1.82) is 0 Å². The number of anilines is 1. The van der Waals surface area contributed by atoms with Crippen LogP contribution in [0, 0.1) is 0 Å². The molecule has 0 atom stereocenters. The van der Waals surface area contributed by atoms with Gasteiger partial charge in [0.05, 0.1) is 12.2 Å². The van der Waals surface area contributed by atoms with Gasteiger partial charge in [-0.15, -0.1) is 11.6 Å². The van der Waals surface area contributed by atoms with Crippen LogP contribution in [0.3, 0.4) is 0 Å². The lowest BCUT2D eigenvalue weighted by Gasteiger charge is -2.08. The fourth-order valence-electron chi connectivity index (χ4n) is 1.61. The number of rotatable bonds is 8. The van der Waals surface area contributed by atoms with E-state index in [2.05, 4.69) is 10.0 Å². The van der Waals surface area contributed by atoms with E-state index in [-0.39, 0.29) is 18.1 Å². The normalized spacial score (nSPS) is 11.1. The number of sulfonamides is 1. The van der Waals surface area contributed by atoms with Crippen LogP contribution < -0.4 is 10.0 Å². The van der Waals surface area contributed by atoms with Crippen molar-refractivity contribution in [3.8, 4) is 0 Å². The van der Waals surface area contributed by atoms with Crippen LogP contribution in [0.2, 0.25) is 0 Å². The fraction of sp³-hybridized carbons (Fsp3) is 0.462. The zero-order valence-electron chi connectivity index (χ0n) is 11.4. The smallest absolute Gasteiger partial charge is 0.232 e. The molecule has 0 aliphatic carbocycles. The van der Waals surface area contributed by atoms with Crippen molar-refractivity contribution in [2.45, 2.75) is 19.8 Å². The van der Waals surface area contributed by atoms with Crippen molar-refractivity contribution in [2.24, 2.45) is 0 Å². The third-order valence-electron chi connectivity index (χ3n) is 2.51. The summed E-state index contributed by atoms with van der Waals surface area (Å²) in [6.07, 6.45) is 0.694. The lowest BCUT2D eigenvalue weighted by molar-refractivity contribution is -0.120. The molecule has 0 aliphatic rings. The molecule has 20 heavy (non-hydrogen) atoms. The topological polar surface area (TPSA) is 75.3 Å². The first-order chi connectivity index (χ1) is 9.46. The summed E-state index contributed by atoms with van der Waals surface area (Å²) in [5.74, 6) is 0.256. The second-order valence-corrected chi connectivity index (χ2v) is 6.51. The van der Waals surface area contributed by atoms with E-state index in [0.717, 1.165) is 5.56 Å². The van der Waals surface area contributed by atoms with E-state index in [1.54, 1.807) is 24.3 Å². The van der Waals surface area contributed by atoms with Gasteiger partial charge in [-0.2, -0.15) is 0 Å². The molecule has 0 saturated heterocycles. The molecule has 0 unspecified atom stereocenters. The highest BCUT2D eigenvalue weighted by Crippen LogP contribution is 2.12. The standard InChI is InChI=1S/C13H19ClN2O3S/c1-2-15-13(17)10-11-4-6-12(7-5-11)16-20(18,19)9-3-8-14/h4-7,16H,2-3,8-10H2,1H3,(H,15,17). The van der Waals surface area contributed by atoms with Crippen molar-refractivity contribution in [1.82, 2.24) is 5.32 Å². The Bertz CT molecular complexity index is 529. The molecule has 0 radical (unpaired) electrons. The second-order valence-electron chi connectivity index (χ2n) is 4.29. The van der Waals surface area contributed by atoms with E-state index in [4.69, 9.17) is 11.6 Å². The molecule has 1 aromatic carbocycles. The maximum Gasteiger partial charge on any atom is 0.232 e. The average molecular weight is 319 g/mol. The van der Waals surface area contributed by atoms with Gasteiger partial charge < -0.3 is 5.32 Å². The summed E-state index contributed by atoms with van der Waals surface area (Å²) < 4.78 is 25.8. The Morgan fingerprint density at radius 1 is 1.25 bits per heavy atom. The van der Waals surface area contributed by atoms with Gasteiger partial charge in [-0.25, -0.2) is 8.42 Å². The third-order valence-corrected chi connectivity index (χ3v) is 4.15. The number of hydrogen-bond donors (Lipinski definition) is 2. The van der Waals surface area contributed by atoms with Gasteiger partial charge in [0.2, 0.25) is 15.9 Å². The van der Waals surface area contributed by atoms with E-state index in [0.29, 0.717) is 24.5 Å². The number of hydrogen-bond acceptors (Lipinski definition) is 3. The van der Waals surface area contributed by atoms with E-state index >= 15 is 0 Å². The Morgan fingerprint density at radius 2 is 1.90 bits per heavy atom. The molecular formula is C13H19ClN2O3S. The number of likely N-dealkylation sites (N-methyl/N-ethyl adjacent to an activating group) is 1. The van der Waals surface area contributed by atoms with Gasteiger partial charge in [-0.1, -0.05) is 12.1 Å². The van der Waals surface area contributed by atoms with Crippen LogP contribution in [0.5, 0.6) is 0 Å². The Labute approximate surface area is 124 Å². The summed E-state index contributed by atoms with van der Waals surface area (Å²) in [7, 11) is -3.36. The summed E-state index contributed by atoms with van der Waals surface area (Å²) in [4.78, 5) is 11.4. The summed E-state index contributed by atoms with van der Waals surface area (Å²) in [5.41, 5.74) is 1.32. The zero-order valence-corrected chi connectivity index (χ0v) is 12.9. The van der Waals surface area contributed by atoms with Gasteiger partial charge in [0, 0.05) is 18.1 Å². The van der Waals surface area contributed by atoms with Gasteiger partial charge in [0.1, 0.15) is 0 Å². The summed E-state index contributed by atoms with van der Waals surface area (Å²) in [5, 5.41) is 2.71. The van der Waals surface area contributed by atoms with Crippen LogP contribution in [-0.2, 0) is 21.2 Å². The molecule has 7 heteroatoms. The van der Waals surface area contributed by atoms with Crippen molar-refractivity contribution >= 4 is 33.2 Å². The van der Waals surface area contributed by atoms with Gasteiger partial charge in [0.25, 0.3) is 0 Å². The number of carbonyl (C=O) groups is 1. The highest BCUT2D eigenvalue weighted by molar-refractivity contribution is 7.92. The molecule has 0 heterocycles. The number of halogens is 1. The van der Waals surface area contributed by atoms with Gasteiger partial charge in [-0.3, -0.25) is 9.52 Å². The molecule has 0 aromatic heterocycles. The number of amides is 1. The van der Waals surface area contributed by atoms with Crippen LogP contribution in [0.1, 0.15) is 18.9 Å². The minimum atomic E-state index is -3.36. The molecule has 0 spiro atoms. The molecule has 0 bridgehead atoms. The summed E-state index contributed by atoms with van der Waals surface area (Å²) in [6, 6.07) is 6.75. The SMILES string of the molecule is CCNC(=O)Cc1ccc(NS(=O)(=O)CCCCl)cc1. The van der Waals surface area contributed by atoms with Gasteiger partial charge in [0.15, 0.2) is 0 Å². The maximum absolute atomic E-state index is 11.7. The highest BCUT2D eigenvalue weighted by atomic mass is 35.5. The Hall–Kier alpha value is -1.27. The minimum absolute atomic E-state index is 0.00282. The lowest BCUT2D eigenvalue weighted by atomic mass is 10.1. The molecule has 1 aromatic rings. The number of carbonyl (C=O) groups excluding carboxylic acids is 1. The highest BCUT2D eigenvalue weighted by Gasteiger charge is 2.10. The molecule has 5 nitrogen and oxygen atoms in total. The lowest BCUT2D eigenvalue weighted by Crippen LogP contribution is -2.24. The van der Waals surface area contributed by atoms with Crippen LogP contribution >= 0.6 is 11.6 Å². The second kappa shape index (κ2) is 8.11. The molecular weight excluding hydrogens is 300 g/mol. The van der Waals surface area contributed by atoms with Gasteiger partial charge in [-0.05, 0) is 31.0 Å². The largest absolute Gasteiger partial charge is 0.356 e. The van der Waals surface area contributed by atoms with E-state index < -0.39 is 10.0 Å². The van der Waals surface area contributed by atoms with Crippen LogP contribution in [0.25, 0.3) is 0 Å². The molecule has 1 rings (SSSR count). The third kappa shape index (κ3) is 6.25. The average Bonchev–Trinajstić information content (AvgIpc) is 2.39. The fourth-order valence-corrected chi connectivity index (χ4v) is 3.02. The first-order valence-electron chi connectivity index (χ1n) is 6.39. The molecule has 112 valence electrons. The number of nitrogens with one attached hydrogen (secondary N) is 2.